The van der Waals surface area contributed by atoms with Gasteiger partial charge < -0.3 is 10.2 Å². The van der Waals surface area contributed by atoms with E-state index in [1.165, 1.54) is 6.33 Å². The van der Waals surface area contributed by atoms with Crippen molar-refractivity contribution in [3.05, 3.63) is 12.4 Å². The molecule has 0 atom stereocenters. The highest BCUT2D eigenvalue weighted by molar-refractivity contribution is 5.80. The molecule has 0 fully saturated rings. The molecule has 0 saturated carbocycles. The summed E-state index contributed by atoms with van der Waals surface area (Å²) in [6.45, 7) is 9.27. The summed E-state index contributed by atoms with van der Waals surface area (Å²) < 4.78 is 0. The molecule has 1 aromatic rings. The van der Waals surface area contributed by atoms with Crippen molar-refractivity contribution >= 4 is 17.4 Å². The van der Waals surface area contributed by atoms with Gasteiger partial charge in [-0.2, -0.15) is 0 Å². The van der Waals surface area contributed by atoms with Gasteiger partial charge in [0.05, 0.1) is 6.54 Å². The highest BCUT2D eigenvalue weighted by atomic mass is 16.1. The van der Waals surface area contributed by atoms with Crippen molar-refractivity contribution in [2.75, 3.05) is 30.4 Å². The molecule has 0 bridgehead atoms. The average molecular weight is 250 g/mol. The minimum Gasteiger partial charge on any atom is -0.363 e. The maximum atomic E-state index is 10.9. The van der Waals surface area contributed by atoms with Gasteiger partial charge in [-0.15, -0.1) is 0 Å². The molecule has 5 nitrogen and oxygen atoms in total. The second-order valence-corrected chi connectivity index (χ2v) is 5.73. The van der Waals surface area contributed by atoms with Gasteiger partial charge >= 0.3 is 0 Å². The molecule has 1 heterocycles. The van der Waals surface area contributed by atoms with Gasteiger partial charge in [0.15, 0.2) is 0 Å². The SMILES string of the molecule is CC(=O)CNc1cc(N(C)CC(C)(C)C)ncn1. The molecule has 0 aliphatic carbocycles. The van der Waals surface area contributed by atoms with E-state index in [-0.39, 0.29) is 11.2 Å². The zero-order valence-electron chi connectivity index (χ0n) is 11.8. The van der Waals surface area contributed by atoms with Crippen LogP contribution in [0.4, 0.5) is 11.6 Å². The predicted octanol–water partition coefficient (Wildman–Crippen LogP) is 1.96. The number of carbonyl (C=O) groups excluding carboxylic acids is 1. The Hall–Kier alpha value is -1.65. The molecule has 5 heteroatoms. The zero-order chi connectivity index (χ0) is 13.8. The minimum atomic E-state index is 0.0817. The first-order chi connectivity index (χ1) is 8.28. The van der Waals surface area contributed by atoms with Gasteiger partial charge in [0.2, 0.25) is 0 Å². The number of rotatable bonds is 5. The topological polar surface area (TPSA) is 58.1 Å². The summed E-state index contributed by atoms with van der Waals surface area (Å²) in [5, 5.41) is 2.97. The lowest BCUT2D eigenvalue weighted by molar-refractivity contribution is -0.115. The largest absolute Gasteiger partial charge is 0.363 e. The molecule has 1 aromatic heterocycles. The van der Waals surface area contributed by atoms with E-state index in [0.717, 1.165) is 12.4 Å². The van der Waals surface area contributed by atoms with Gasteiger partial charge in [-0.3, -0.25) is 4.79 Å². The van der Waals surface area contributed by atoms with Crippen molar-refractivity contribution in [2.45, 2.75) is 27.7 Å². The smallest absolute Gasteiger partial charge is 0.148 e. The van der Waals surface area contributed by atoms with Crippen LogP contribution in [0.2, 0.25) is 0 Å². The summed E-state index contributed by atoms with van der Waals surface area (Å²) in [5.74, 6) is 1.61. The van der Waals surface area contributed by atoms with Gasteiger partial charge in [-0.05, 0) is 12.3 Å². The highest BCUT2D eigenvalue weighted by Gasteiger charge is 2.15. The third-order valence-corrected chi connectivity index (χ3v) is 2.27. The van der Waals surface area contributed by atoms with Crippen molar-refractivity contribution in [3.63, 3.8) is 0 Å². The normalized spacial score (nSPS) is 11.2. The molecule has 0 radical (unpaired) electrons. The molecular weight excluding hydrogens is 228 g/mol. The molecule has 0 aromatic carbocycles. The highest BCUT2D eigenvalue weighted by Crippen LogP contribution is 2.19. The van der Waals surface area contributed by atoms with E-state index in [1.807, 2.05) is 13.1 Å². The van der Waals surface area contributed by atoms with E-state index >= 15 is 0 Å². The third kappa shape index (κ3) is 5.12. The quantitative estimate of drug-likeness (QED) is 0.865. The predicted molar refractivity (Wildman–Crippen MR) is 73.9 cm³/mol. The summed E-state index contributed by atoms with van der Waals surface area (Å²) in [6.07, 6.45) is 1.51. The molecule has 1 N–H and O–H groups in total. The summed E-state index contributed by atoms with van der Waals surface area (Å²) >= 11 is 0. The lowest BCUT2D eigenvalue weighted by Crippen LogP contribution is -2.29. The van der Waals surface area contributed by atoms with E-state index in [0.29, 0.717) is 12.4 Å². The second-order valence-electron chi connectivity index (χ2n) is 5.73. The number of Topliss-reactive ketones (excluding diaryl/α,β-unsaturated/α-hetero) is 1. The Labute approximate surface area is 109 Å². The van der Waals surface area contributed by atoms with Crippen molar-refractivity contribution in [1.29, 1.82) is 0 Å². The van der Waals surface area contributed by atoms with Crippen molar-refractivity contribution in [3.8, 4) is 0 Å². The van der Waals surface area contributed by atoms with Crippen molar-refractivity contribution in [1.82, 2.24) is 9.97 Å². The van der Waals surface area contributed by atoms with Gasteiger partial charge in [0, 0.05) is 19.7 Å². The van der Waals surface area contributed by atoms with Crippen LogP contribution in [0.1, 0.15) is 27.7 Å². The van der Waals surface area contributed by atoms with Crippen molar-refractivity contribution in [2.24, 2.45) is 5.41 Å². The monoisotopic (exact) mass is 250 g/mol. The molecule has 100 valence electrons. The van der Waals surface area contributed by atoms with Crippen LogP contribution in [0, 0.1) is 5.41 Å². The summed E-state index contributed by atoms with van der Waals surface area (Å²) in [5.41, 5.74) is 0.201. The average Bonchev–Trinajstić information content (AvgIpc) is 2.24. The molecule has 0 spiro atoms. The maximum absolute atomic E-state index is 10.9. The second kappa shape index (κ2) is 5.80. The van der Waals surface area contributed by atoms with Gasteiger partial charge in [-0.1, -0.05) is 20.8 Å². The third-order valence-electron chi connectivity index (χ3n) is 2.27. The van der Waals surface area contributed by atoms with Crippen LogP contribution in [0.3, 0.4) is 0 Å². The molecule has 0 unspecified atom stereocenters. The summed E-state index contributed by atoms with van der Waals surface area (Å²) in [4.78, 5) is 21.3. The zero-order valence-corrected chi connectivity index (χ0v) is 11.8. The first-order valence-electron chi connectivity index (χ1n) is 6.04. The van der Waals surface area contributed by atoms with Crippen LogP contribution in [-0.4, -0.2) is 35.9 Å². The molecule has 18 heavy (non-hydrogen) atoms. The molecule has 1 rings (SSSR count). The fraction of sp³-hybridized carbons (Fsp3) is 0.615. The number of nitrogens with zero attached hydrogens (tertiary/aromatic N) is 3. The number of hydrogen-bond acceptors (Lipinski definition) is 5. The van der Waals surface area contributed by atoms with Gasteiger partial charge in [-0.25, -0.2) is 9.97 Å². The van der Waals surface area contributed by atoms with Crippen LogP contribution in [0.25, 0.3) is 0 Å². The Bertz CT molecular complexity index is 412. The Balaban J connectivity index is 2.72. The Morgan fingerprint density at radius 3 is 2.61 bits per heavy atom. The number of hydrogen-bond donors (Lipinski definition) is 1. The standard InChI is InChI=1S/C13H22N4O/c1-10(18)7-14-11-6-12(16-9-15-11)17(5)8-13(2,3)4/h6,9H,7-8H2,1-5H3,(H,14,15,16). The van der Waals surface area contributed by atoms with Gasteiger partial charge in [0.25, 0.3) is 0 Å². The molecule has 0 amide bonds. The van der Waals surface area contributed by atoms with E-state index in [2.05, 4.69) is 41.0 Å². The van der Waals surface area contributed by atoms with Crippen LogP contribution in [-0.2, 0) is 4.79 Å². The molecule has 0 saturated heterocycles. The molecule has 0 aliphatic heterocycles. The van der Waals surface area contributed by atoms with Crippen LogP contribution >= 0.6 is 0 Å². The maximum Gasteiger partial charge on any atom is 0.148 e. The lowest BCUT2D eigenvalue weighted by atomic mass is 9.96. The summed E-state index contributed by atoms with van der Waals surface area (Å²) in [7, 11) is 2.00. The molecular formula is C13H22N4O. The van der Waals surface area contributed by atoms with Crippen LogP contribution < -0.4 is 10.2 Å². The van der Waals surface area contributed by atoms with E-state index in [9.17, 15) is 4.79 Å². The number of anilines is 2. The number of carbonyl (C=O) groups is 1. The number of aromatic nitrogens is 2. The van der Waals surface area contributed by atoms with Crippen LogP contribution in [0.5, 0.6) is 0 Å². The van der Waals surface area contributed by atoms with E-state index < -0.39 is 0 Å². The number of ketones is 1. The Morgan fingerprint density at radius 2 is 2.06 bits per heavy atom. The lowest BCUT2D eigenvalue weighted by Gasteiger charge is -2.27. The molecule has 0 aliphatic rings. The Morgan fingerprint density at radius 1 is 1.39 bits per heavy atom. The minimum absolute atomic E-state index is 0.0817. The number of nitrogens with one attached hydrogen (secondary N) is 1. The fourth-order valence-corrected chi connectivity index (χ4v) is 1.66. The van der Waals surface area contributed by atoms with Crippen LogP contribution in [0.15, 0.2) is 12.4 Å². The fourth-order valence-electron chi connectivity index (χ4n) is 1.66. The first-order valence-corrected chi connectivity index (χ1v) is 6.04. The Kier molecular flexibility index (Phi) is 4.64. The van der Waals surface area contributed by atoms with Crippen molar-refractivity contribution < 1.29 is 4.79 Å². The first kappa shape index (κ1) is 14.4. The summed E-state index contributed by atoms with van der Waals surface area (Å²) in [6, 6.07) is 1.86. The van der Waals surface area contributed by atoms with E-state index in [4.69, 9.17) is 0 Å². The van der Waals surface area contributed by atoms with Gasteiger partial charge in [0.1, 0.15) is 23.7 Å². The van der Waals surface area contributed by atoms with E-state index in [1.54, 1.807) is 6.92 Å².